The number of rotatable bonds is 6. The van der Waals surface area contributed by atoms with Gasteiger partial charge in [-0.2, -0.15) is 0 Å². The summed E-state index contributed by atoms with van der Waals surface area (Å²) in [6.45, 7) is 3.84. The summed E-state index contributed by atoms with van der Waals surface area (Å²) in [6.07, 6.45) is 5.17. The molecule has 2 atom stereocenters. The fraction of sp³-hybridized carbons (Fsp3) is 0.500. The van der Waals surface area contributed by atoms with Gasteiger partial charge in [-0.15, -0.1) is 0 Å². The van der Waals surface area contributed by atoms with Crippen molar-refractivity contribution in [2.45, 2.75) is 39.7 Å². The van der Waals surface area contributed by atoms with Gasteiger partial charge in [0.05, 0.1) is 31.9 Å². The minimum atomic E-state index is -0.331. The van der Waals surface area contributed by atoms with E-state index in [2.05, 4.69) is 4.74 Å². The van der Waals surface area contributed by atoms with Gasteiger partial charge in [0.2, 0.25) is 11.8 Å². The van der Waals surface area contributed by atoms with Crippen molar-refractivity contribution in [3.8, 4) is 0 Å². The highest BCUT2D eigenvalue weighted by Crippen LogP contribution is 2.35. The number of hydrogen-bond acceptors (Lipinski definition) is 5. The predicted octanol–water partition coefficient (Wildman–Crippen LogP) is 1.80. The summed E-state index contributed by atoms with van der Waals surface area (Å²) in [5.74, 6) is -1.74. The number of carbonyl (C=O) groups excluding carboxylic acids is 4. The Hall–Kier alpha value is -2.70. The Morgan fingerprint density at radius 3 is 2.26 bits per heavy atom. The number of imide groups is 1. The molecule has 1 fully saturated rings. The fourth-order valence-electron chi connectivity index (χ4n) is 3.99. The number of carbonyl (C=O) groups is 4. The van der Waals surface area contributed by atoms with E-state index in [4.69, 9.17) is 0 Å². The second kappa shape index (κ2) is 7.50. The van der Waals surface area contributed by atoms with Crippen LogP contribution in [0.3, 0.4) is 0 Å². The molecule has 2 heterocycles. The molecular formula is C20H24N2O5. The Morgan fingerprint density at radius 2 is 1.70 bits per heavy atom. The first-order chi connectivity index (χ1) is 12.8. The van der Waals surface area contributed by atoms with Crippen molar-refractivity contribution >= 4 is 23.6 Å². The molecule has 0 saturated carbocycles. The molecule has 7 heteroatoms. The minimum Gasteiger partial charge on any atom is -0.469 e. The lowest BCUT2D eigenvalue weighted by molar-refractivity contribution is -0.141. The van der Waals surface area contributed by atoms with Gasteiger partial charge in [-0.25, -0.2) is 0 Å². The highest BCUT2D eigenvalue weighted by Gasteiger charge is 2.47. The first-order valence-electron chi connectivity index (χ1n) is 9.12. The van der Waals surface area contributed by atoms with Crippen LogP contribution < -0.4 is 0 Å². The molecule has 0 aromatic carbocycles. The first-order valence-corrected chi connectivity index (χ1v) is 9.12. The normalized spacial score (nSPS) is 21.5. The summed E-state index contributed by atoms with van der Waals surface area (Å²) >= 11 is 0. The van der Waals surface area contributed by atoms with Crippen LogP contribution in [0.1, 0.15) is 41.0 Å². The summed E-state index contributed by atoms with van der Waals surface area (Å²) in [4.78, 5) is 50.4. The van der Waals surface area contributed by atoms with Crippen LogP contribution in [0.4, 0.5) is 0 Å². The molecule has 1 aliphatic carbocycles. The summed E-state index contributed by atoms with van der Waals surface area (Å²) < 4.78 is 6.54. The monoisotopic (exact) mass is 372 g/mol. The molecule has 0 N–H and O–H groups in total. The van der Waals surface area contributed by atoms with E-state index in [9.17, 15) is 19.2 Å². The molecule has 2 amide bonds. The molecule has 2 aliphatic rings. The molecule has 0 unspecified atom stereocenters. The van der Waals surface area contributed by atoms with Crippen LogP contribution in [0.15, 0.2) is 18.2 Å². The molecule has 3 rings (SSSR count). The van der Waals surface area contributed by atoms with Crippen molar-refractivity contribution in [3.05, 3.63) is 35.2 Å². The zero-order valence-electron chi connectivity index (χ0n) is 15.9. The van der Waals surface area contributed by atoms with Crippen LogP contribution in [0.25, 0.3) is 0 Å². The van der Waals surface area contributed by atoms with Gasteiger partial charge < -0.3 is 9.30 Å². The lowest BCUT2D eigenvalue weighted by Crippen LogP contribution is -2.36. The van der Waals surface area contributed by atoms with Crippen molar-refractivity contribution < 1.29 is 23.9 Å². The van der Waals surface area contributed by atoms with Crippen LogP contribution in [-0.2, 0) is 25.7 Å². The lowest BCUT2D eigenvalue weighted by Gasteiger charge is -2.14. The highest BCUT2D eigenvalue weighted by atomic mass is 16.5. The topological polar surface area (TPSA) is 85.7 Å². The number of ether oxygens (including phenoxy) is 1. The third-order valence-corrected chi connectivity index (χ3v) is 5.54. The standard InChI is InChI=1S/C20H24N2O5/c1-12-10-16(13(2)21(12)9-8-18(24)27-3)17(23)11-22-19(25)14-6-4-5-7-15(14)20(22)26/h4-5,10,14-15H,6-9,11H2,1-3H3/t14-,15-/m1/s1. The van der Waals surface area contributed by atoms with Crippen molar-refractivity contribution in [2.24, 2.45) is 11.8 Å². The fourth-order valence-corrected chi connectivity index (χ4v) is 3.99. The molecule has 0 radical (unpaired) electrons. The van der Waals surface area contributed by atoms with Crippen LogP contribution in [-0.4, -0.2) is 46.7 Å². The number of methoxy groups -OCH3 is 1. The van der Waals surface area contributed by atoms with Gasteiger partial charge in [0.1, 0.15) is 0 Å². The Morgan fingerprint density at radius 1 is 1.11 bits per heavy atom. The summed E-state index contributed by atoms with van der Waals surface area (Å²) in [6, 6.07) is 1.74. The smallest absolute Gasteiger partial charge is 0.307 e. The van der Waals surface area contributed by atoms with E-state index in [0.717, 1.165) is 16.3 Å². The molecule has 0 bridgehead atoms. The van der Waals surface area contributed by atoms with E-state index < -0.39 is 0 Å². The Bertz CT molecular complexity index is 810. The number of Topliss-reactive ketones (excluding diaryl/α,β-unsaturated/α-hetero) is 1. The van der Waals surface area contributed by atoms with Crippen LogP contribution in [0, 0.1) is 25.7 Å². The largest absolute Gasteiger partial charge is 0.469 e. The molecule has 1 saturated heterocycles. The van der Waals surface area contributed by atoms with Gasteiger partial charge in [0, 0.05) is 23.5 Å². The van der Waals surface area contributed by atoms with Crippen LogP contribution in [0.2, 0.25) is 0 Å². The summed E-state index contributed by atoms with van der Waals surface area (Å²) in [5, 5.41) is 0. The maximum Gasteiger partial charge on any atom is 0.307 e. The van der Waals surface area contributed by atoms with Gasteiger partial charge in [-0.1, -0.05) is 12.2 Å². The number of esters is 1. The van der Waals surface area contributed by atoms with E-state index in [1.54, 1.807) is 13.0 Å². The van der Waals surface area contributed by atoms with Crippen molar-refractivity contribution in [1.29, 1.82) is 0 Å². The van der Waals surface area contributed by atoms with E-state index in [-0.39, 0.29) is 48.4 Å². The number of likely N-dealkylation sites (tertiary alicyclic amines) is 1. The van der Waals surface area contributed by atoms with E-state index in [1.807, 2.05) is 23.6 Å². The second-order valence-electron chi connectivity index (χ2n) is 7.10. The van der Waals surface area contributed by atoms with Crippen LogP contribution in [0.5, 0.6) is 0 Å². The zero-order valence-corrected chi connectivity index (χ0v) is 15.9. The number of fused-ring (bicyclic) bond motifs is 1. The quantitative estimate of drug-likeness (QED) is 0.329. The summed E-state index contributed by atoms with van der Waals surface area (Å²) in [7, 11) is 1.34. The number of aryl methyl sites for hydroxylation is 1. The number of hydrogen-bond donors (Lipinski definition) is 0. The maximum absolute atomic E-state index is 12.8. The molecule has 1 aromatic rings. The highest BCUT2D eigenvalue weighted by molar-refractivity contribution is 6.10. The Labute approximate surface area is 158 Å². The molecule has 7 nitrogen and oxygen atoms in total. The average Bonchev–Trinajstić information content (AvgIpc) is 3.08. The summed E-state index contributed by atoms with van der Waals surface area (Å²) in [5.41, 5.74) is 2.04. The predicted molar refractivity (Wildman–Crippen MR) is 96.9 cm³/mol. The molecular weight excluding hydrogens is 348 g/mol. The number of nitrogens with zero attached hydrogens (tertiary/aromatic N) is 2. The molecule has 1 aliphatic heterocycles. The third-order valence-electron chi connectivity index (χ3n) is 5.54. The molecule has 1 aromatic heterocycles. The van der Waals surface area contributed by atoms with E-state index in [0.29, 0.717) is 24.9 Å². The molecule has 27 heavy (non-hydrogen) atoms. The SMILES string of the molecule is COC(=O)CCn1c(C)cc(C(=O)CN2C(=O)[C@@H]3CC=CC[C@H]3C2=O)c1C. The van der Waals surface area contributed by atoms with Gasteiger partial charge >= 0.3 is 5.97 Å². The number of allylic oxidation sites excluding steroid dienone is 2. The third kappa shape index (κ3) is 3.46. The second-order valence-corrected chi connectivity index (χ2v) is 7.10. The van der Waals surface area contributed by atoms with Gasteiger partial charge in [0.25, 0.3) is 0 Å². The van der Waals surface area contributed by atoms with E-state index >= 15 is 0 Å². The minimum absolute atomic E-state index is 0.208. The van der Waals surface area contributed by atoms with Crippen molar-refractivity contribution in [2.75, 3.05) is 13.7 Å². The lowest BCUT2D eigenvalue weighted by atomic mass is 9.85. The average molecular weight is 372 g/mol. The number of ketones is 1. The first kappa shape index (κ1) is 19.1. The van der Waals surface area contributed by atoms with Gasteiger partial charge in [-0.05, 0) is 32.8 Å². The zero-order chi connectivity index (χ0) is 19.7. The molecule has 144 valence electrons. The Balaban J connectivity index is 1.74. The number of aromatic nitrogens is 1. The number of amides is 2. The van der Waals surface area contributed by atoms with Crippen molar-refractivity contribution in [1.82, 2.24) is 9.47 Å². The van der Waals surface area contributed by atoms with Crippen molar-refractivity contribution in [3.63, 3.8) is 0 Å². The van der Waals surface area contributed by atoms with E-state index in [1.165, 1.54) is 7.11 Å². The molecule has 0 spiro atoms. The Kier molecular flexibility index (Phi) is 5.30. The van der Waals surface area contributed by atoms with Gasteiger partial charge in [-0.3, -0.25) is 24.1 Å². The maximum atomic E-state index is 12.8. The van der Waals surface area contributed by atoms with Crippen LogP contribution >= 0.6 is 0 Å². The van der Waals surface area contributed by atoms with Gasteiger partial charge in [0.15, 0.2) is 5.78 Å².